The van der Waals surface area contributed by atoms with E-state index >= 15 is 0 Å². The molecule has 0 saturated heterocycles. The maximum Gasteiger partial charge on any atom is 0.342 e. The van der Waals surface area contributed by atoms with Crippen LogP contribution in [-0.4, -0.2) is 27.2 Å². The molecule has 0 unspecified atom stereocenters. The number of rotatable bonds is 4. The summed E-state index contributed by atoms with van der Waals surface area (Å²) in [4.78, 5) is 15.6. The first-order valence-corrected chi connectivity index (χ1v) is 5.27. The molecule has 5 nitrogen and oxygen atoms in total. The Morgan fingerprint density at radius 2 is 2.38 bits per heavy atom. The second-order valence-corrected chi connectivity index (χ2v) is 3.45. The van der Waals surface area contributed by atoms with Crippen molar-refractivity contribution in [2.45, 2.75) is 19.8 Å². The quantitative estimate of drug-likeness (QED) is 0.580. The van der Waals surface area contributed by atoms with Crippen LogP contribution in [0.1, 0.15) is 30.1 Å². The SMILES string of the molecule is CCCCOC(=O)c1cnn2ccncc12. The number of esters is 1. The number of nitrogens with zero attached hydrogens (tertiary/aromatic N) is 3. The smallest absolute Gasteiger partial charge is 0.342 e. The largest absolute Gasteiger partial charge is 0.462 e. The van der Waals surface area contributed by atoms with E-state index in [0.29, 0.717) is 17.7 Å². The van der Waals surface area contributed by atoms with E-state index in [1.165, 1.54) is 6.20 Å². The molecule has 0 aliphatic heterocycles. The van der Waals surface area contributed by atoms with Gasteiger partial charge >= 0.3 is 5.97 Å². The lowest BCUT2D eigenvalue weighted by Crippen LogP contribution is -2.06. The molecule has 2 aromatic rings. The Balaban J connectivity index is 2.17. The Kier molecular flexibility index (Phi) is 3.14. The highest BCUT2D eigenvalue weighted by Crippen LogP contribution is 2.10. The minimum atomic E-state index is -0.337. The fourth-order valence-electron chi connectivity index (χ4n) is 1.38. The topological polar surface area (TPSA) is 56.5 Å². The summed E-state index contributed by atoms with van der Waals surface area (Å²) in [5.41, 5.74) is 1.13. The fraction of sp³-hybridized carbons (Fsp3) is 0.364. The van der Waals surface area contributed by atoms with Crippen molar-refractivity contribution in [3.05, 3.63) is 30.4 Å². The molecule has 0 aromatic carbocycles. The molecule has 0 fully saturated rings. The first-order valence-electron chi connectivity index (χ1n) is 5.27. The van der Waals surface area contributed by atoms with Crippen molar-refractivity contribution >= 4 is 11.5 Å². The van der Waals surface area contributed by atoms with E-state index in [1.807, 2.05) is 6.92 Å². The van der Waals surface area contributed by atoms with Gasteiger partial charge in [0.15, 0.2) is 0 Å². The lowest BCUT2D eigenvalue weighted by atomic mass is 10.3. The van der Waals surface area contributed by atoms with Gasteiger partial charge < -0.3 is 4.74 Å². The van der Waals surface area contributed by atoms with Gasteiger partial charge in [0.05, 0.1) is 24.5 Å². The van der Waals surface area contributed by atoms with Gasteiger partial charge in [-0.15, -0.1) is 0 Å². The van der Waals surface area contributed by atoms with Crippen LogP contribution >= 0.6 is 0 Å². The van der Waals surface area contributed by atoms with Crippen LogP contribution < -0.4 is 0 Å². The number of carbonyl (C=O) groups is 1. The van der Waals surface area contributed by atoms with Crippen LogP contribution in [-0.2, 0) is 4.74 Å². The molecule has 0 amide bonds. The summed E-state index contributed by atoms with van der Waals surface area (Å²) in [5.74, 6) is -0.337. The van der Waals surface area contributed by atoms with Crippen molar-refractivity contribution in [3.63, 3.8) is 0 Å². The van der Waals surface area contributed by atoms with Crippen molar-refractivity contribution in [1.29, 1.82) is 0 Å². The van der Waals surface area contributed by atoms with E-state index in [2.05, 4.69) is 10.1 Å². The molecule has 5 heteroatoms. The average Bonchev–Trinajstić information content (AvgIpc) is 2.73. The first-order chi connectivity index (χ1) is 7.83. The Hall–Kier alpha value is -1.91. The number of fused-ring (bicyclic) bond motifs is 1. The van der Waals surface area contributed by atoms with Crippen molar-refractivity contribution in [2.75, 3.05) is 6.61 Å². The summed E-state index contributed by atoms with van der Waals surface area (Å²) in [5, 5.41) is 4.04. The monoisotopic (exact) mass is 219 g/mol. The van der Waals surface area contributed by atoms with Gasteiger partial charge in [-0.1, -0.05) is 13.3 Å². The zero-order chi connectivity index (χ0) is 11.4. The Bertz CT molecular complexity index is 493. The summed E-state index contributed by atoms with van der Waals surface area (Å²) in [6, 6.07) is 0. The second-order valence-electron chi connectivity index (χ2n) is 3.45. The van der Waals surface area contributed by atoms with E-state index in [0.717, 1.165) is 12.8 Å². The highest BCUT2D eigenvalue weighted by atomic mass is 16.5. The van der Waals surface area contributed by atoms with E-state index in [-0.39, 0.29) is 5.97 Å². The lowest BCUT2D eigenvalue weighted by Gasteiger charge is -2.01. The molecule has 0 aliphatic rings. The summed E-state index contributed by atoms with van der Waals surface area (Å²) < 4.78 is 6.72. The molecule has 2 heterocycles. The molecular weight excluding hydrogens is 206 g/mol. The number of ether oxygens (including phenoxy) is 1. The lowest BCUT2D eigenvalue weighted by molar-refractivity contribution is 0.0502. The number of hydrogen-bond donors (Lipinski definition) is 0. The molecule has 0 bridgehead atoms. The summed E-state index contributed by atoms with van der Waals surface area (Å²) in [6.45, 7) is 2.50. The Labute approximate surface area is 93.1 Å². The molecule has 2 aromatic heterocycles. The van der Waals surface area contributed by atoms with Crippen molar-refractivity contribution in [2.24, 2.45) is 0 Å². The minimum absolute atomic E-state index is 0.337. The van der Waals surface area contributed by atoms with Crippen LogP contribution in [0, 0.1) is 0 Å². The van der Waals surface area contributed by atoms with Crippen LogP contribution in [0.15, 0.2) is 24.8 Å². The molecule has 2 rings (SSSR count). The predicted molar refractivity (Wildman–Crippen MR) is 58.2 cm³/mol. The highest BCUT2D eigenvalue weighted by Gasteiger charge is 2.13. The first kappa shape index (κ1) is 10.6. The third-order valence-electron chi connectivity index (χ3n) is 2.28. The fourth-order valence-corrected chi connectivity index (χ4v) is 1.38. The third kappa shape index (κ3) is 2.03. The van der Waals surface area contributed by atoms with Crippen LogP contribution in [0.4, 0.5) is 0 Å². The summed E-state index contributed by atoms with van der Waals surface area (Å²) in [6.07, 6.45) is 8.30. The van der Waals surface area contributed by atoms with Crippen LogP contribution in [0.25, 0.3) is 5.52 Å². The van der Waals surface area contributed by atoms with Gasteiger partial charge in [0.1, 0.15) is 5.56 Å². The van der Waals surface area contributed by atoms with Crippen LogP contribution in [0.2, 0.25) is 0 Å². The van der Waals surface area contributed by atoms with Crippen molar-refractivity contribution in [1.82, 2.24) is 14.6 Å². The molecule has 0 aliphatic carbocycles. The predicted octanol–water partition coefficient (Wildman–Crippen LogP) is 1.69. The average molecular weight is 219 g/mol. The number of hydrogen-bond acceptors (Lipinski definition) is 4. The zero-order valence-corrected chi connectivity index (χ0v) is 9.09. The molecule has 0 saturated carbocycles. The van der Waals surface area contributed by atoms with Crippen molar-refractivity contribution < 1.29 is 9.53 Å². The van der Waals surface area contributed by atoms with Gasteiger partial charge in [0.2, 0.25) is 0 Å². The normalized spacial score (nSPS) is 10.6. The zero-order valence-electron chi connectivity index (χ0n) is 9.09. The summed E-state index contributed by atoms with van der Waals surface area (Å²) >= 11 is 0. The molecular formula is C11H13N3O2. The third-order valence-corrected chi connectivity index (χ3v) is 2.28. The maximum absolute atomic E-state index is 11.7. The van der Waals surface area contributed by atoms with Crippen LogP contribution in [0.3, 0.4) is 0 Å². The number of aromatic nitrogens is 3. The van der Waals surface area contributed by atoms with E-state index in [1.54, 1.807) is 23.1 Å². The molecule has 16 heavy (non-hydrogen) atoms. The Morgan fingerprint density at radius 1 is 1.50 bits per heavy atom. The number of carbonyl (C=O) groups excluding carboxylic acids is 1. The van der Waals surface area contributed by atoms with Gasteiger partial charge in [-0.3, -0.25) is 4.98 Å². The van der Waals surface area contributed by atoms with Gasteiger partial charge in [-0.25, -0.2) is 9.31 Å². The van der Waals surface area contributed by atoms with Crippen molar-refractivity contribution in [3.8, 4) is 0 Å². The maximum atomic E-state index is 11.7. The minimum Gasteiger partial charge on any atom is -0.462 e. The summed E-state index contributed by atoms with van der Waals surface area (Å²) in [7, 11) is 0. The van der Waals surface area contributed by atoms with E-state index in [4.69, 9.17) is 4.74 Å². The van der Waals surface area contributed by atoms with Gasteiger partial charge in [-0.2, -0.15) is 5.10 Å². The molecule has 0 radical (unpaired) electrons. The second kappa shape index (κ2) is 4.74. The van der Waals surface area contributed by atoms with Gasteiger partial charge in [0.25, 0.3) is 0 Å². The van der Waals surface area contributed by atoms with Gasteiger partial charge in [0, 0.05) is 12.4 Å². The highest BCUT2D eigenvalue weighted by molar-refractivity contribution is 5.96. The molecule has 0 atom stereocenters. The standard InChI is InChI=1S/C11H13N3O2/c1-2-3-6-16-11(15)9-7-13-14-5-4-12-8-10(9)14/h4-5,7-8H,2-3,6H2,1H3. The van der Waals surface area contributed by atoms with Gasteiger partial charge in [-0.05, 0) is 6.42 Å². The van der Waals surface area contributed by atoms with E-state index < -0.39 is 0 Å². The molecule has 0 N–H and O–H groups in total. The number of unbranched alkanes of at least 4 members (excludes halogenated alkanes) is 1. The molecule has 0 spiro atoms. The molecule has 84 valence electrons. The van der Waals surface area contributed by atoms with Crippen LogP contribution in [0.5, 0.6) is 0 Å². The Morgan fingerprint density at radius 3 is 3.19 bits per heavy atom. The van der Waals surface area contributed by atoms with E-state index in [9.17, 15) is 4.79 Å².